The highest BCUT2D eigenvalue weighted by molar-refractivity contribution is 6.06. The molecule has 2 N–H and O–H groups in total. The molecule has 8 nitrogen and oxygen atoms in total. The number of rotatable bonds is 6. The van der Waals surface area contributed by atoms with Crippen molar-refractivity contribution in [3.63, 3.8) is 0 Å². The lowest BCUT2D eigenvalue weighted by atomic mass is 9.87. The van der Waals surface area contributed by atoms with Gasteiger partial charge in [-0.2, -0.15) is 0 Å². The third kappa shape index (κ3) is 3.66. The summed E-state index contributed by atoms with van der Waals surface area (Å²) in [7, 11) is 1.53. The van der Waals surface area contributed by atoms with Gasteiger partial charge in [0.15, 0.2) is 0 Å². The maximum absolute atomic E-state index is 13.2. The molecule has 3 rings (SSSR count). The zero-order chi connectivity index (χ0) is 20.5. The van der Waals surface area contributed by atoms with E-state index in [-0.39, 0.29) is 12.1 Å². The fourth-order valence-corrected chi connectivity index (χ4v) is 3.20. The number of amides is 1. The van der Waals surface area contributed by atoms with E-state index in [0.717, 1.165) is 0 Å². The second kappa shape index (κ2) is 7.30. The van der Waals surface area contributed by atoms with Gasteiger partial charge in [0, 0.05) is 5.69 Å². The van der Waals surface area contributed by atoms with Gasteiger partial charge in [-0.3, -0.25) is 9.59 Å². The molecule has 0 aliphatic carbocycles. The summed E-state index contributed by atoms with van der Waals surface area (Å²) in [6.45, 7) is 5.13. The second-order valence-electron chi connectivity index (χ2n) is 6.85. The molecule has 146 valence electrons. The average molecular weight is 383 g/mol. The van der Waals surface area contributed by atoms with Crippen molar-refractivity contribution in [2.75, 3.05) is 7.11 Å². The van der Waals surface area contributed by atoms with Crippen molar-refractivity contribution >= 4 is 23.0 Å². The Morgan fingerprint density at radius 2 is 2.04 bits per heavy atom. The molecule has 3 aromatic rings. The van der Waals surface area contributed by atoms with Gasteiger partial charge in [0.25, 0.3) is 11.6 Å². The number of pyridine rings is 1. The van der Waals surface area contributed by atoms with Crippen molar-refractivity contribution in [1.29, 1.82) is 0 Å². The van der Waals surface area contributed by atoms with Crippen LogP contribution in [-0.2, 0) is 10.3 Å². The summed E-state index contributed by atoms with van der Waals surface area (Å²) >= 11 is 0. The molecule has 1 unspecified atom stereocenters. The van der Waals surface area contributed by atoms with Crippen molar-refractivity contribution < 1.29 is 24.0 Å². The number of benzene rings is 1. The third-order valence-electron chi connectivity index (χ3n) is 4.59. The molecule has 0 fully saturated rings. The predicted octanol–water partition coefficient (Wildman–Crippen LogP) is 2.97. The highest BCUT2D eigenvalue weighted by Crippen LogP contribution is 2.29. The molecule has 0 spiro atoms. The van der Waals surface area contributed by atoms with E-state index in [0.29, 0.717) is 33.7 Å². The Morgan fingerprint density at radius 3 is 2.71 bits per heavy atom. The minimum Gasteiger partial charge on any atom is -0.497 e. The molecule has 0 saturated carbocycles. The first-order chi connectivity index (χ1) is 13.2. The van der Waals surface area contributed by atoms with E-state index >= 15 is 0 Å². The van der Waals surface area contributed by atoms with E-state index in [1.165, 1.54) is 7.11 Å². The Kier molecular flexibility index (Phi) is 5.04. The highest BCUT2D eigenvalue weighted by Gasteiger charge is 2.33. The molecule has 2 heterocycles. The van der Waals surface area contributed by atoms with Crippen molar-refractivity contribution in [3.05, 3.63) is 52.8 Å². The van der Waals surface area contributed by atoms with Crippen molar-refractivity contribution in [2.45, 2.75) is 32.7 Å². The number of ether oxygens (including phenoxy) is 1. The van der Waals surface area contributed by atoms with Crippen LogP contribution >= 0.6 is 0 Å². The fraction of sp³-hybridized carbons (Fsp3) is 0.300. The molecular weight excluding hydrogens is 362 g/mol. The van der Waals surface area contributed by atoms with Gasteiger partial charge in [-0.05, 0) is 44.5 Å². The number of aromatic nitrogens is 2. The molecule has 0 bridgehead atoms. The lowest BCUT2D eigenvalue weighted by Crippen LogP contribution is -2.45. The topological polar surface area (TPSA) is 115 Å². The molecule has 2 aromatic heterocycles. The lowest BCUT2D eigenvalue weighted by Gasteiger charge is -2.30. The molecule has 0 aliphatic rings. The van der Waals surface area contributed by atoms with Gasteiger partial charge in [0.2, 0.25) is 0 Å². The number of carboxylic acids is 1. The summed E-state index contributed by atoms with van der Waals surface area (Å²) in [4.78, 5) is 28.9. The number of methoxy groups -OCH3 is 1. The Labute approximate surface area is 161 Å². The molecule has 0 radical (unpaired) electrons. The first-order valence-electron chi connectivity index (χ1n) is 8.66. The number of hydrogen-bond donors (Lipinski definition) is 2. The summed E-state index contributed by atoms with van der Waals surface area (Å²) in [6, 6.07) is 8.60. The molecule has 1 amide bonds. The van der Waals surface area contributed by atoms with E-state index in [9.17, 15) is 14.7 Å². The molecule has 0 aliphatic heterocycles. The van der Waals surface area contributed by atoms with Crippen LogP contribution in [0.25, 0.3) is 11.1 Å². The number of aliphatic carboxylic acids is 1. The van der Waals surface area contributed by atoms with E-state index in [2.05, 4.69) is 15.5 Å². The summed E-state index contributed by atoms with van der Waals surface area (Å²) in [5.74, 6) is -0.906. The zero-order valence-corrected chi connectivity index (χ0v) is 16.1. The SMILES string of the molecule is COc1cccc(C(C)(CC(=O)O)NC(=O)c2cc(C)nc3onc(C)c23)c1. The van der Waals surface area contributed by atoms with Crippen LogP contribution in [0, 0.1) is 13.8 Å². The Bertz CT molecular complexity index is 1060. The van der Waals surface area contributed by atoms with E-state index in [1.54, 1.807) is 51.1 Å². The van der Waals surface area contributed by atoms with Gasteiger partial charge in [0.1, 0.15) is 5.75 Å². The third-order valence-corrected chi connectivity index (χ3v) is 4.59. The lowest BCUT2D eigenvalue weighted by molar-refractivity contribution is -0.138. The van der Waals surface area contributed by atoms with Gasteiger partial charge in [0.05, 0.1) is 35.7 Å². The smallest absolute Gasteiger partial charge is 0.306 e. The van der Waals surface area contributed by atoms with Crippen molar-refractivity contribution in [3.8, 4) is 5.75 Å². The second-order valence-corrected chi connectivity index (χ2v) is 6.85. The molecule has 8 heteroatoms. The van der Waals surface area contributed by atoms with Crippen LogP contribution in [0.2, 0.25) is 0 Å². The number of carboxylic acid groups (broad SMARTS) is 1. The maximum atomic E-state index is 13.2. The molecule has 1 aromatic carbocycles. The first kappa shape index (κ1) is 19.3. The van der Waals surface area contributed by atoms with Gasteiger partial charge < -0.3 is 19.7 Å². The number of nitrogens with one attached hydrogen (secondary N) is 1. The van der Waals surface area contributed by atoms with Crippen LogP contribution < -0.4 is 10.1 Å². The first-order valence-corrected chi connectivity index (χ1v) is 8.66. The summed E-state index contributed by atoms with van der Waals surface area (Å²) < 4.78 is 10.4. The van der Waals surface area contributed by atoms with E-state index in [4.69, 9.17) is 9.26 Å². The monoisotopic (exact) mass is 383 g/mol. The van der Waals surface area contributed by atoms with Crippen LogP contribution in [0.3, 0.4) is 0 Å². The van der Waals surface area contributed by atoms with E-state index < -0.39 is 17.4 Å². The summed E-state index contributed by atoms with van der Waals surface area (Å²) in [5, 5.41) is 16.7. The molecule has 0 saturated heterocycles. The largest absolute Gasteiger partial charge is 0.497 e. The van der Waals surface area contributed by atoms with E-state index in [1.807, 2.05) is 0 Å². The Balaban J connectivity index is 2.05. The van der Waals surface area contributed by atoms with Crippen LogP contribution in [-0.4, -0.2) is 34.2 Å². The maximum Gasteiger partial charge on any atom is 0.306 e. The minimum atomic E-state index is -1.16. The summed E-state index contributed by atoms with van der Waals surface area (Å²) in [5.41, 5.74) is 1.19. The number of carbonyl (C=O) groups is 2. The normalized spacial score (nSPS) is 13.1. The van der Waals surface area contributed by atoms with Gasteiger partial charge in [-0.1, -0.05) is 17.3 Å². The Hall–Kier alpha value is -3.42. The molecule has 28 heavy (non-hydrogen) atoms. The number of carbonyl (C=O) groups excluding carboxylic acids is 1. The van der Waals surface area contributed by atoms with Crippen LogP contribution in [0.5, 0.6) is 5.75 Å². The van der Waals surface area contributed by atoms with Gasteiger partial charge in [-0.25, -0.2) is 4.98 Å². The van der Waals surface area contributed by atoms with Crippen LogP contribution in [0.1, 0.15) is 40.7 Å². The number of nitrogens with zero attached hydrogens (tertiary/aromatic N) is 2. The molecular formula is C20H21N3O5. The summed E-state index contributed by atoms with van der Waals surface area (Å²) in [6.07, 6.45) is -0.304. The van der Waals surface area contributed by atoms with Crippen LogP contribution in [0.4, 0.5) is 0 Å². The number of fused-ring (bicyclic) bond motifs is 1. The Morgan fingerprint density at radius 1 is 1.29 bits per heavy atom. The number of aryl methyl sites for hydroxylation is 2. The minimum absolute atomic E-state index is 0.268. The highest BCUT2D eigenvalue weighted by atomic mass is 16.5. The predicted molar refractivity (Wildman–Crippen MR) is 101 cm³/mol. The van der Waals surface area contributed by atoms with Crippen molar-refractivity contribution in [1.82, 2.24) is 15.5 Å². The number of hydrogen-bond acceptors (Lipinski definition) is 6. The van der Waals surface area contributed by atoms with Crippen molar-refractivity contribution in [2.24, 2.45) is 0 Å². The zero-order valence-electron chi connectivity index (χ0n) is 16.1. The fourth-order valence-electron chi connectivity index (χ4n) is 3.20. The van der Waals surface area contributed by atoms with Gasteiger partial charge >= 0.3 is 5.97 Å². The molecule has 1 atom stereocenters. The quantitative estimate of drug-likeness (QED) is 0.672. The van der Waals surface area contributed by atoms with Crippen LogP contribution in [0.15, 0.2) is 34.9 Å². The average Bonchev–Trinajstić information content (AvgIpc) is 3.01. The van der Waals surface area contributed by atoms with Gasteiger partial charge in [-0.15, -0.1) is 0 Å². The standard InChI is InChI=1S/C20H21N3O5/c1-11-8-15(17-12(2)23-28-19(17)21-11)18(26)22-20(3,10-16(24)25)13-6-5-7-14(9-13)27-4/h5-9H,10H2,1-4H3,(H,22,26)(H,24,25).